The van der Waals surface area contributed by atoms with Crippen LogP contribution in [0.3, 0.4) is 0 Å². The molecule has 1 heterocycles. The summed E-state index contributed by atoms with van der Waals surface area (Å²) < 4.78 is 5.16. The molecule has 0 bridgehead atoms. The van der Waals surface area contributed by atoms with Crippen LogP contribution in [0.4, 0.5) is 0 Å². The molecule has 18 heavy (non-hydrogen) atoms. The number of rotatable bonds is 5. The fourth-order valence-corrected chi connectivity index (χ4v) is 1.12. The van der Waals surface area contributed by atoms with Crippen LogP contribution in [0.1, 0.15) is 30.2 Å². The maximum atomic E-state index is 10.8. The Labute approximate surface area is 123 Å². The van der Waals surface area contributed by atoms with Crippen LogP contribution >= 0.6 is 24.0 Å². The van der Waals surface area contributed by atoms with Crippen molar-refractivity contribution in [3.63, 3.8) is 0 Å². The monoisotopic (exact) mass is 366 g/mol. The molecule has 7 heteroatoms. The van der Waals surface area contributed by atoms with Gasteiger partial charge >= 0.3 is 0 Å². The number of carbonyl (C=O) groups is 1. The maximum Gasteiger partial charge on any atom is 0.284 e. The van der Waals surface area contributed by atoms with Crippen LogP contribution in [-0.4, -0.2) is 18.4 Å². The van der Waals surface area contributed by atoms with E-state index in [-0.39, 0.29) is 36.3 Å². The summed E-state index contributed by atoms with van der Waals surface area (Å²) in [4.78, 5) is 14.9. The van der Waals surface area contributed by atoms with Crippen molar-refractivity contribution in [2.45, 2.75) is 20.4 Å². The standard InChI is InChI=1S/C11H18N4O2.HI/c1-7(2)5-14-11(13)15-6-8-3-4-9(17-8)10(12)16;/h3-4,7H,5-6H2,1-2H3,(H2,12,16)(H3,13,14,15);1H. The molecule has 0 saturated heterocycles. The van der Waals surface area contributed by atoms with Gasteiger partial charge in [0.1, 0.15) is 12.3 Å². The molecule has 1 aromatic heterocycles. The van der Waals surface area contributed by atoms with E-state index < -0.39 is 5.91 Å². The Bertz CT molecular complexity index is 415. The van der Waals surface area contributed by atoms with E-state index in [4.69, 9.17) is 15.9 Å². The summed E-state index contributed by atoms with van der Waals surface area (Å²) in [5.74, 6) is 0.938. The molecular weight excluding hydrogens is 347 g/mol. The van der Waals surface area contributed by atoms with E-state index in [0.29, 0.717) is 17.6 Å². The molecule has 1 aromatic rings. The first-order chi connectivity index (χ1) is 7.99. The Kier molecular flexibility index (Phi) is 7.41. The summed E-state index contributed by atoms with van der Waals surface area (Å²) in [5, 5.41) is 2.98. The molecule has 0 atom stereocenters. The number of aliphatic imine (C=N–C) groups is 1. The molecule has 102 valence electrons. The number of primary amides is 1. The van der Waals surface area contributed by atoms with E-state index in [0.717, 1.165) is 6.54 Å². The third-order valence-electron chi connectivity index (χ3n) is 2.00. The molecule has 0 saturated carbocycles. The van der Waals surface area contributed by atoms with Crippen LogP contribution in [-0.2, 0) is 6.54 Å². The van der Waals surface area contributed by atoms with Crippen LogP contribution in [0, 0.1) is 5.92 Å². The molecule has 0 aliphatic heterocycles. The first-order valence-corrected chi connectivity index (χ1v) is 5.41. The van der Waals surface area contributed by atoms with Crippen molar-refractivity contribution in [3.05, 3.63) is 23.7 Å². The van der Waals surface area contributed by atoms with Gasteiger partial charge in [-0.05, 0) is 18.1 Å². The highest BCUT2D eigenvalue weighted by atomic mass is 127. The summed E-state index contributed by atoms with van der Waals surface area (Å²) in [6, 6.07) is 3.17. The van der Waals surface area contributed by atoms with Crippen molar-refractivity contribution < 1.29 is 9.21 Å². The van der Waals surface area contributed by atoms with Crippen LogP contribution in [0.15, 0.2) is 21.5 Å². The zero-order chi connectivity index (χ0) is 12.8. The molecule has 0 fully saturated rings. The Morgan fingerprint density at radius 2 is 2.11 bits per heavy atom. The minimum Gasteiger partial charge on any atom is -0.454 e. The van der Waals surface area contributed by atoms with Gasteiger partial charge in [-0.2, -0.15) is 0 Å². The predicted molar refractivity (Wildman–Crippen MR) is 80.8 cm³/mol. The van der Waals surface area contributed by atoms with Gasteiger partial charge in [-0.25, -0.2) is 4.99 Å². The zero-order valence-corrected chi connectivity index (χ0v) is 12.8. The Balaban J connectivity index is 0.00000289. The third-order valence-corrected chi connectivity index (χ3v) is 2.00. The highest BCUT2D eigenvalue weighted by Crippen LogP contribution is 2.07. The fourth-order valence-electron chi connectivity index (χ4n) is 1.12. The molecule has 1 rings (SSSR count). The summed E-state index contributed by atoms with van der Waals surface area (Å²) in [7, 11) is 0. The lowest BCUT2D eigenvalue weighted by atomic mass is 10.2. The number of nitrogens with two attached hydrogens (primary N) is 2. The first-order valence-electron chi connectivity index (χ1n) is 5.41. The SMILES string of the molecule is CC(C)CNC(N)=NCc1ccc(C(N)=O)o1.I. The molecule has 6 nitrogen and oxygen atoms in total. The lowest BCUT2D eigenvalue weighted by Gasteiger charge is -2.07. The van der Waals surface area contributed by atoms with Gasteiger partial charge in [0.05, 0.1) is 0 Å². The second-order valence-corrected chi connectivity index (χ2v) is 4.11. The van der Waals surface area contributed by atoms with Crippen molar-refractivity contribution in [1.29, 1.82) is 0 Å². The topological polar surface area (TPSA) is 107 Å². The summed E-state index contributed by atoms with van der Waals surface area (Å²) in [6.45, 7) is 5.20. The summed E-state index contributed by atoms with van der Waals surface area (Å²) >= 11 is 0. The summed E-state index contributed by atoms with van der Waals surface area (Å²) in [5.41, 5.74) is 10.7. The average Bonchev–Trinajstić information content (AvgIpc) is 2.72. The number of halogens is 1. The molecule has 0 radical (unpaired) electrons. The first kappa shape index (κ1) is 16.8. The van der Waals surface area contributed by atoms with Crippen LogP contribution < -0.4 is 16.8 Å². The number of nitrogens with zero attached hydrogens (tertiary/aromatic N) is 1. The van der Waals surface area contributed by atoms with Crippen molar-refractivity contribution >= 4 is 35.8 Å². The minimum atomic E-state index is -0.592. The van der Waals surface area contributed by atoms with Gasteiger partial charge in [0.25, 0.3) is 5.91 Å². The van der Waals surface area contributed by atoms with Crippen LogP contribution in [0.25, 0.3) is 0 Å². The number of amides is 1. The van der Waals surface area contributed by atoms with Crippen molar-refractivity contribution in [1.82, 2.24) is 5.32 Å². The Morgan fingerprint density at radius 1 is 1.44 bits per heavy atom. The minimum absolute atomic E-state index is 0. The van der Waals surface area contributed by atoms with E-state index in [1.807, 2.05) is 0 Å². The van der Waals surface area contributed by atoms with Gasteiger partial charge in [-0.3, -0.25) is 4.79 Å². The third kappa shape index (κ3) is 5.89. The van der Waals surface area contributed by atoms with Gasteiger partial charge in [0, 0.05) is 6.54 Å². The Hall–Kier alpha value is -1.25. The molecular formula is C11H19IN4O2. The smallest absolute Gasteiger partial charge is 0.284 e. The number of furan rings is 1. The number of carbonyl (C=O) groups excluding carboxylic acids is 1. The molecule has 0 spiro atoms. The predicted octanol–water partition coefficient (Wildman–Crippen LogP) is 1.06. The molecule has 0 aliphatic carbocycles. The van der Waals surface area contributed by atoms with Gasteiger partial charge in [-0.1, -0.05) is 13.8 Å². The van der Waals surface area contributed by atoms with E-state index in [2.05, 4.69) is 24.2 Å². The fraction of sp³-hybridized carbons (Fsp3) is 0.455. The molecule has 0 unspecified atom stereocenters. The second kappa shape index (κ2) is 7.96. The van der Waals surface area contributed by atoms with Crippen molar-refractivity contribution in [2.24, 2.45) is 22.4 Å². The largest absolute Gasteiger partial charge is 0.454 e. The normalized spacial score (nSPS) is 11.2. The highest BCUT2D eigenvalue weighted by Gasteiger charge is 2.06. The lowest BCUT2D eigenvalue weighted by molar-refractivity contribution is 0.0972. The van der Waals surface area contributed by atoms with E-state index in [9.17, 15) is 4.79 Å². The van der Waals surface area contributed by atoms with Gasteiger partial charge in [0.15, 0.2) is 11.7 Å². The average molecular weight is 366 g/mol. The number of guanidine groups is 1. The Morgan fingerprint density at radius 3 is 2.61 bits per heavy atom. The molecule has 0 aromatic carbocycles. The number of nitrogens with one attached hydrogen (secondary N) is 1. The number of hydrogen-bond donors (Lipinski definition) is 3. The van der Waals surface area contributed by atoms with Gasteiger partial charge in [0.2, 0.25) is 0 Å². The van der Waals surface area contributed by atoms with Gasteiger partial charge in [-0.15, -0.1) is 24.0 Å². The van der Waals surface area contributed by atoms with Crippen molar-refractivity contribution in [2.75, 3.05) is 6.54 Å². The molecule has 0 aliphatic rings. The van der Waals surface area contributed by atoms with Crippen LogP contribution in [0.2, 0.25) is 0 Å². The van der Waals surface area contributed by atoms with Crippen LogP contribution in [0.5, 0.6) is 0 Å². The quantitative estimate of drug-likeness (QED) is 0.412. The lowest BCUT2D eigenvalue weighted by Crippen LogP contribution is -2.34. The maximum absolute atomic E-state index is 10.8. The van der Waals surface area contributed by atoms with E-state index in [1.165, 1.54) is 6.07 Å². The molecule has 1 amide bonds. The van der Waals surface area contributed by atoms with E-state index in [1.54, 1.807) is 6.07 Å². The van der Waals surface area contributed by atoms with E-state index >= 15 is 0 Å². The zero-order valence-electron chi connectivity index (χ0n) is 10.5. The highest BCUT2D eigenvalue weighted by molar-refractivity contribution is 14.0. The molecule has 5 N–H and O–H groups in total. The number of hydrogen-bond acceptors (Lipinski definition) is 3. The van der Waals surface area contributed by atoms with Gasteiger partial charge < -0.3 is 21.2 Å². The van der Waals surface area contributed by atoms with Crippen molar-refractivity contribution in [3.8, 4) is 0 Å². The second-order valence-electron chi connectivity index (χ2n) is 4.11. The summed E-state index contributed by atoms with van der Waals surface area (Å²) in [6.07, 6.45) is 0.